The molecule has 0 spiro atoms. The second-order valence-corrected chi connectivity index (χ2v) is 6.12. The quantitative estimate of drug-likeness (QED) is 0.862. The number of nitrogens with two attached hydrogens (primary N) is 1. The minimum Gasteiger partial charge on any atom is -0.320 e. The SMILES string of the molecule is CC(C)c1cccc2sc(C(C)(C)N)nc12. The molecule has 3 heteroatoms. The number of benzene rings is 1. The van der Waals surface area contributed by atoms with Crippen LogP contribution in [-0.2, 0) is 5.54 Å². The molecule has 86 valence electrons. The van der Waals surface area contributed by atoms with Crippen molar-refractivity contribution in [2.75, 3.05) is 0 Å². The highest BCUT2D eigenvalue weighted by molar-refractivity contribution is 7.18. The Morgan fingerprint density at radius 1 is 1.31 bits per heavy atom. The monoisotopic (exact) mass is 234 g/mol. The first kappa shape index (κ1) is 11.6. The van der Waals surface area contributed by atoms with Crippen molar-refractivity contribution < 1.29 is 0 Å². The van der Waals surface area contributed by atoms with Gasteiger partial charge in [0.15, 0.2) is 0 Å². The second kappa shape index (κ2) is 3.82. The molecule has 2 nitrogen and oxygen atoms in total. The van der Waals surface area contributed by atoms with E-state index in [0.29, 0.717) is 5.92 Å². The molecule has 0 aliphatic rings. The second-order valence-electron chi connectivity index (χ2n) is 5.09. The highest BCUT2D eigenvalue weighted by Crippen LogP contribution is 2.32. The van der Waals surface area contributed by atoms with E-state index in [1.165, 1.54) is 10.3 Å². The van der Waals surface area contributed by atoms with Gasteiger partial charge in [-0.1, -0.05) is 26.0 Å². The lowest BCUT2D eigenvalue weighted by Gasteiger charge is -2.13. The molecule has 0 amide bonds. The van der Waals surface area contributed by atoms with Crippen LogP contribution in [0.2, 0.25) is 0 Å². The zero-order valence-corrected chi connectivity index (χ0v) is 11.1. The fourth-order valence-corrected chi connectivity index (χ4v) is 2.73. The summed E-state index contributed by atoms with van der Waals surface area (Å²) in [6.07, 6.45) is 0. The largest absolute Gasteiger partial charge is 0.320 e. The van der Waals surface area contributed by atoms with E-state index >= 15 is 0 Å². The predicted octanol–water partition coefficient (Wildman–Crippen LogP) is 3.61. The molecule has 0 atom stereocenters. The zero-order chi connectivity index (χ0) is 11.9. The third-order valence-corrected chi connectivity index (χ3v) is 3.98. The van der Waals surface area contributed by atoms with Crippen molar-refractivity contribution in [2.45, 2.75) is 39.2 Å². The standard InChI is InChI=1S/C13H18N2S/c1-8(2)9-6-5-7-10-11(9)15-12(16-10)13(3,4)14/h5-8H,14H2,1-4H3. The molecule has 2 N–H and O–H groups in total. The van der Waals surface area contributed by atoms with Gasteiger partial charge in [0.1, 0.15) is 5.01 Å². The highest BCUT2D eigenvalue weighted by Gasteiger charge is 2.20. The molecule has 0 saturated heterocycles. The van der Waals surface area contributed by atoms with Crippen LogP contribution in [0.5, 0.6) is 0 Å². The van der Waals surface area contributed by atoms with Crippen LogP contribution in [-0.4, -0.2) is 4.98 Å². The highest BCUT2D eigenvalue weighted by atomic mass is 32.1. The first-order valence-electron chi connectivity index (χ1n) is 5.58. The number of para-hydroxylation sites is 1. The number of rotatable bonds is 2. The fourth-order valence-electron chi connectivity index (χ4n) is 1.71. The summed E-state index contributed by atoms with van der Waals surface area (Å²) in [5.41, 5.74) is 8.18. The van der Waals surface area contributed by atoms with Gasteiger partial charge in [0.05, 0.1) is 15.8 Å². The molecule has 0 saturated carbocycles. The smallest absolute Gasteiger partial charge is 0.113 e. The lowest BCUT2D eigenvalue weighted by molar-refractivity contribution is 0.551. The fraction of sp³-hybridized carbons (Fsp3) is 0.462. The molecule has 1 aromatic heterocycles. The predicted molar refractivity (Wildman–Crippen MR) is 70.9 cm³/mol. The number of aromatic nitrogens is 1. The van der Waals surface area contributed by atoms with Gasteiger partial charge in [-0.25, -0.2) is 4.98 Å². The number of hydrogen-bond acceptors (Lipinski definition) is 3. The molecule has 0 radical (unpaired) electrons. The van der Waals surface area contributed by atoms with Gasteiger partial charge in [-0.15, -0.1) is 11.3 Å². The third-order valence-electron chi connectivity index (χ3n) is 2.62. The topological polar surface area (TPSA) is 38.9 Å². The molecule has 1 aromatic carbocycles. The van der Waals surface area contributed by atoms with E-state index in [1.54, 1.807) is 11.3 Å². The third kappa shape index (κ3) is 1.97. The van der Waals surface area contributed by atoms with Crippen LogP contribution < -0.4 is 5.73 Å². The van der Waals surface area contributed by atoms with Crippen LogP contribution in [0.3, 0.4) is 0 Å². The van der Waals surface area contributed by atoms with Crippen molar-refractivity contribution in [3.63, 3.8) is 0 Å². The van der Waals surface area contributed by atoms with Crippen LogP contribution in [0.1, 0.15) is 44.2 Å². The van der Waals surface area contributed by atoms with Crippen molar-refractivity contribution in [1.29, 1.82) is 0 Å². The Morgan fingerprint density at radius 3 is 2.56 bits per heavy atom. The summed E-state index contributed by atoms with van der Waals surface area (Å²) >= 11 is 1.70. The average molecular weight is 234 g/mol. The Kier molecular flexibility index (Phi) is 2.76. The molecule has 2 aromatic rings. The maximum absolute atomic E-state index is 6.09. The van der Waals surface area contributed by atoms with E-state index in [-0.39, 0.29) is 5.54 Å². The minimum absolute atomic E-state index is 0.349. The summed E-state index contributed by atoms with van der Waals surface area (Å²) in [6, 6.07) is 6.37. The molecule has 0 fully saturated rings. The van der Waals surface area contributed by atoms with Crippen LogP contribution in [0.25, 0.3) is 10.2 Å². The summed E-state index contributed by atoms with van der Waals surface area (Å²) in [4.78, 5) is 4.70. The summed E-state index contributed by atoms with van der Waals surface area (Å²) in [5.74, 6) is 0.500. The van der Waals surface area contributed by atoms with Crippen molar-refractivity contribution in [3.8, 4) is 0 Å². The Morgan fingerprint density at radius 2 is 2.00 bits per heavy atom. The van der Waals surface area contributed by atoms with E-state index in [0.717, 1.165) is 10.5 Å². The molecule has 2 rings (SSSR count). The van der Waals surface area contributed by atoms with Gasteiger partial charge in [0, 0.05) is 0 Å². The summed E-state index contributed by atoms with van der Waals surface area (Å²) in [7, 11) is 0. The lowest BCUT2D eigenvalue weighted by atomic mass is 10.0. The van der Waals surface area contributed by atoms with E-state index in [9.17, 15) is 0 Å². The molecule has 0 aliphatic heterocycles. The van der Waals surface area contributed by atoms with E-state index in [1.807, 2.05) is 13.8 Å². The van der Waals surface area contributed by atoms with Crippen LogP contribution in [0, 0.1) is 0 Å². The molecule has 0 bridgehead atoms. The van der Waals surface area contributed by atoms with E-state index in [4.69, 9.17) is 10.7 Å². The van der Waals surface area contributed by atoms with Crippen molar-refractivity contribution in [3.05, 3.63) is 28.8 Å². The molecular formula is C13H18N2S. The summed E-state index contributed by atoms with van der Waals surface area (Å²) < 4.78 is 1.24. The number of thiazole rings is 1. The van der Waals surface area contributed by atoms with Gasteiger partial charge in [0.2, 0.25) is 0 Å². The minimum atomic E-state index is -0.349. The van der Waals surface area contributed by atoms with Gasteiger partial charge in [0.25, 0.3) is 0 Å². The average Bonchev–Trinajstić information content (AvgIpc) is 2.59. The Labute approximate surface area is 101 Å². The van der Waals surface area contributed by atoms with Gasteiger partial charge < -0.3 is 5.73 Å². The first-order valence-corrected chi connectivity index (χ1v) is 6.40. The van der Waals surface area contributed by atoms with E-state index in [2.05, 4.69) is 32.0 Å². The Bertz CT molecular complexity index is 506. The van der Waals surface area contributed by atoms with Gasteiger partial charge >= 0.3 is 0 Å². The first-order chi connectivity index (χ1) is 7.39. The number of fused-ring (bicyclic) bond motifs is 1. The maximum atomic E-state index is 6.09. The van der Waals surface area contributed by atoms with Crippen LogP contribution in [0.15, 0.2) is 18.2 Å². The molecule has 1 heterocycles. The van der Waals surface area contributed by atoms with Crippen LogP contribution >= 0.6 is 11.3 Å². The lowest BCUT2D eigenvalue weighted by Crippen LogP contribution is -2.28. The zero-order valence-electron chi connectivity index (χ0n) is 10.2. The van der Waals surface area contributed by atoms with E-state index < -0.39 is 0 Å². The number of hydrogen-bond donors (Lipinski definition) is 1. The Balaban J connectivity index is 2.66. The Hall–Kier alpha value is -0.930. The molecule has 0 aliphatic carbocycles. The van der Waals surface area contributed by atoms with Crippen molar-refractivity contribution in [1.82, 2.24) is 4.98 Å². The van der Waals surface area contributed by atoms with Gasteiger partial charge in [-0.3, -0.25) is 0 Å². The van der Waals surface area contributed by atoms with Crippen LogP contribution in [0.4, 0.5) is 0 Å². The summed E-state index contributed by atoms with van der Waals surface area (Å²) in [6.45, 7) is 8.39. The summed E-state index contributed by atoms with van der Waals surface area (Å²) in [5, 5.41) is 1.01. The normalized spacial score (nSPS) is 12.6. The van der Waals surface area contributed by atoms with Crippen molar-refractivity contribution in [2.24, 2.45) is 5.73 Å². The maximum Gasteiger partial charge on any atom is 0.113 e. The molecular weight excluding hydrogens is 216 g/mol. The van der Waals surface area contributed by atoms with Gasteiger partial charge in [-0.05, 0) is 31.4 Å². The molecule has 0 unspecified atom stereocenters. The molecule has 16 heavy (non-hydrogen) atoms. The number of nitrogens with zero attached hydrogens (tertiary/aromatic N) is 1. The van der Waals surface area contributed by atoms with Crippen molar-refractivity contribution >= 4 is 21.6 Å². The van der Waals surface area contributed by atoms with Gasteiger partial charge in [-0.2, -0.15) is 0 Å².